The summed E-state index contributed by atoms with van der Waals surface area (Å²) in [5, 5.41) is 13.2. The molecule has 12 nitrogen and oxygen atoms in total. The number of nitriles is 2. The molecule has 0 aliphatic carbocycles. The molecule has 3 fully saturated rings. The predicted octanol–water partition coefficient (Wildman–Crippen LogP) is 9.75. The van der Waals surface area contributed by atoms with Gasteiger partial charge in [0.25, 0.3) is 0 Å². The van der Waals surface area contributed by atoms with E-state index < -0.39 is 133 Å². The first-order chi connectivity index (χ1) is 27.6. The first-order valence-corrected chi connectivity index (χ1v) is 19.9. The Kier molecular flexibility index (Phi) is 11.3. The maximum atomic E-state index is 15.0. The van der Waals surface area contributed by atoms with E-state index in [1.54, 1.807) is 0 Å². The first-order valence-electron chi connectivity index (χ1n) is 15.9. The summed E-state index contributed by atoms with van der Waals surface area (Å²) < 4.78 is 259. The van der Waals surface area contributed by atoms with Crippen LogP contribution in [-0.4, -0.2) is 96.9 Å². The van der Waals surface area contributed by atoms with Crippen molar-refractivity contribution in [1.29, 1.82) is 10.5 Å². The Bertz CT molecular complexity index is 1870. The van der Waals surface area contributed by atoms with E-state index in [0.717, 1.165) is 48.5 Å². The quantitative estimate of drug-likeness (QED) is 0.105. The second-order valence-corrected chi connectivity index (χ2v) is 20.7. The minimum absolute atomic E-state index is 0.554. The van der Waals surface area contributed by atoms with Gasteiger partial charge < -0.3 is 0 Å². The van der Waals surface area contributed by atoms with E-state index in [-0.39, 0.29) is 0 Å². The van der Waals surface area contributed by atoms with Crippen LogP contribution >= 0.6 is 14.7 Å². The molecule has 3 saturated heterocycles. The number of halogens is 16. The van der Waals surface area contributed by atoms with E-state index >= 15 is 35.1 Å². The van der Waals surface area contributed by atoms with E-state index in [9.17, 15) is 55.2 Å². The van der Waals surface area contributed by atoms with Gasteiger partial charge in [-0.15, -0.1) is 0 Å². The Balaban J connectivity index is 2.11. The van der Waals surface area contributed by atoms with E-state index in [1.807, 2.05) is 0 Å². The Morgan fingerprint density at radius 2 is 0.750 bits per heavy atom. The third kappa shape index (κ3) is 5.81. The van der Waals surface area contributed by atoms with Crippen LogP contribution in [0.3, 0.4) is 0 Å². The van der Waals surface area contributed by atoms with Crippen LogP contribution in [0.1, 0.15) is 11.1 Å². The van der Waals surface area contributed by atoms with Crippen molar-refractivity contribution in [1.82, 2.24) is 8.88 Å². The summed E-state index contributed by atoms with van der Waals surface area (Å²) >= 11 is 0. The molecule has 2 aromatic rings. The fraction of sp³-hybridized carbons (Fsp3) is 0.467. The predicted molar refractivity (Wildman–Crippen MR) is 166 cm³/mol. The van der Waals surface area contributed by atoms with Crippen molar-refractivity contribution in [3.05, 3.63) is 71.8 Å². The molecule has 0 spiro atoms. The third-order valence-electron chi connectivity index (χ3n) is 9.08. The summed E-state index contributed by atoms with van der Waals surface area (Å²) in [6, 6.07) is 9.59. The van der Waals surface area contributed by atoms with Crippen LogP contribution in [0.25, 0.3) is 0 Å². The van der Waals surface area contributed by atoms with Crippen molar-refractivity contribution in [3.8, 4) is 12.1 Å². The number of fused-ring (bicyclic) bond motifs is 4. The second kappa shape index (κ2) is 14.6. The molecule has 5 rings (SSSR count). The third-order valence-corrected chi connectivity index (χ3v) is 21.6. The van der Waals surface area contributed by atoms with Crippen LogP contribution in [0.2, 0.25) is 0 Å². The van der Waals surface area contributed by atoms with Gasteiger partial charge in [-0.1, -0.05) is 0 Å². The number of ether oxygens (including phenoxy) is 2. The van der Waals surface area contributed by atoms with Crippen molar-refractivity contribution >= 4 is 26.9 Å². The Morgan fingerprint density at radius 1 is 0.517 bits per heavy atom. The number of hydrogen-bond donors (Lipinski definition) is 0. The number of benzene rings is 2. The molecule has 0 N–H and O–H groups in total. The van der Waals surface area contributed by atoms with E-state index in [0.29, 0.717) is 24.3 Å². The number of rotatable bonds is 18. The van der Waals surface area contributed by atoms with Gasteiger partial charge in [-0.25, -0.2) is 0 Å². The van der Waals surface area contributed by atoms with Gasteiger partial charge >= 0.3 is 324 Å². The molecule has 2 unspecified atom stereocenters. The molecule has 3 aliphatic rings. The average molecular weight is 932 g/mol. The van der Waals surface area contributed by atoms with E-state index in [2.05, 4.69) is 0 Å². The van der Waals surface area contributed by atoms with Crippen LogP contribution in [0, 0.1) is 22.7 Å². The van der Waals surface area contributed by atoms with Gasteiger partial charge in [0.1, 0.15) is 0 Å². The van der Waals surface area contributed by atoms with Gasteiger partial charge in [0.2, 0.25) is 0 Å². The van der Waals surface area contributed by atoms with Crippen molar-refractivity contribution in [2.45, 2.75) is 60.1 Å². The molecule has 2 amide bonds. The fourth-order valence-corrected chi connectivity index (χ4v) is 22.2. The van der Waals surface area contributed by atoms with Crippen molar-refractivity contribution < 1.29 is 107 Å². The van der Waals surface area contributed by atoms with Crippen LogP contribution in [0.5, 0.6) is 0 Å². The van der Waals surface area contributed by atoms with Crippen LogP contribution < -0.4 is 0 Å². The summed E-state index contributed by atoms with van der Waals surface area (Å²) in [6.07, 6.45) is -25.4. The summed E-state index contributed by atoms with van der Waals surface area (Å²) in [6.45, 7) is -12.6. The monoisotopic (exact) mass is 932 g/mol. The van der Waals surface area contributed by atoms with Gasteiger partial charge in [-0.05, 0) is 0 Å². The Morgan fingerprint density at radius 3 is 0.950 bits per heavy atom. The van der Waals surface area contributed by atoms with E-state index in [1.165, 1.54) is 0 Å². The molecule has 60 heavy (non-hydrogen) atoms. The number of cyclic esters (lactones) is 2. The molecule has 3 aliphatic heterocycles. The SMILES string of the molecule is N#CC1(c2ccccc2)OC(=O)N2P1(OCC(F)(F)C(F)F)(OCC(F)(F)C(F)F)N1C(=O)OC(C#N)(c3ccccc3)P21(OCC(F)(F)C(F)F)OCC(F)(F)C(F)F. The van der Waals surface area contributed by atoms with Gasteiger partial charge in [0.15, 0.2) is 0 Å². The van der Waals surface area contributed by atoms with Crippen molar-refractivity contribution in [3.63, 3.8) is 0 Å². The van der Waals surface area contributed by atoms with Crippen LogP contribution in [0.4, 0.5) is 79.8 Å². The zero-order chi connectivity index (χ0) is 45.2. The molecule has 2 aromatic carbocycles. The molecular weight excluding hydrogens is 910 g/mol. The van der Waals surface area contributed by atoms with Gasteiger partial charge in [-0.2, -0.15) is 0 Å². The topological polar surface area (TPSA) is 144 Å². The van der Waals surface area contributed by atoms with Crippen molar-refractivity contribution in [2.75, 3.05) is 26.4 Å². The average Bonchev–Trinajstić information content (AvgIpc) is 3.52. The molecule has 2 atom stereocenters. The summed E-state index contributed by atoms with van der Waals surface area (Å²) in [4.78, 5) is 29.1. The normalized spacial score (nSPS) is 25.6. The zero-order valence-electron chi connectivity index (χ0n) is 28.9. The molecule has 0 aromatic heterocycles. The summed E-state index contributed by atoms with van der Waals surface area (Å²) in [5.41, 5.74) is -2.37. The minimum atomic E-state index is -8.42. The van der Waals surface area contributed by atoms with Crippen LogP contribution in [0.15, 0.2) is 60.7 Å². The van der Waals surface area contributed by atoms with Gasteiger partial charge in [0.05, 0.1) is 0 Å². The number of alkyl halides is 16. The van der Waals surface area contributed by atoms with Crippen LogP contribution in [-0.2, 0) is 38.3 Å². The summed E-state index contributed by atoms with van der Waals surface area (Å²) in [7, 11) is -16.8. The van der Waals surface area contributed by atoms with Crippen molar-refractivity contribution in [2.24, 2.45) is 0 Å². The molecule has 0 bridgehead atoms. The van der Waals surface area contributed by atoms with E-state index in [4.69, 9.17) is 27.6 Å². The molecule has 0 radical (unpaired) electrons. The standard InChI is InChI=1S/C30H22F16N4O8P2/c31-19(32)25(39,40)13-53-59(54-14-26(41,42)20(33)34)29(11-47,17-7-3-1-4-8-17)57-23(51)49(59)60(55-15-27(43,44)21(35)36,56-16-28(45,46)22(37)38)30(12-48,58-24(52)50(59)60)18-9-5-2-6-10-18/h1-10,19-22H,13-16H2. The molecule has 332 valence electrons. The fourth-order valence-electron chi connectivity index (χ4n) is 6.46. The molecule has 3 heterocycles. The number of amides is 2. The number of carbonyl (C=O) groups excluding carboxylic acids is 2. The molecule has 30 heteroatoms. The van der Waals surface area contributed by atoms with Gasteiger partial charge in [-0.3, -0.25) is 0 Å². The molecular formula is C30H22F16N4O8P2. The molecule has 0 saturated carbocycles. The second-order valence-electron chi connectivity index (χ2n) is 12.6. The Hall–Kier alpha value is -4.46. The first kappa shape index (κ1) is 46.6. The number of carbonyl (C=O) groups is 2. The zero-order valence-corrected chi connectivity index (χ0v) is 30.7. The maximum absolute atomic E-state index is 15.0. The Labute approximate surface area is 324 Å². The number of hydrogen-bond acceptors (Lipinski definition) is 10. The van der Waals surface area contributed by atoms with Gasteiger partial charge in [0, 0.05) is 0 Å². The number of nitrogens with zero attached hydrogens (tertiary/aromatic N) is 4. The summed E-state index contributed by atoms with van der Waals surface area (Å²) in [5.74, 6) is -22.9.